The molecule has 1 aromatic heterocycles. The van der Waals surface area contributed by atoms with Crippen LogP contribution in [0.25, 0.3) is 10.9 Å². The first-order valence-corrected chi connectivity index (χ1v) is 7.32. The highest BCUT2D eigenvalue weighted by Gasteiger charge is 2.14. The van der Waals surface area contributed by atoms with Crippen LogP contribution >= 0.6 is 11.6 Å². The van der Waals surface area contributed by atoms with Crippen LogP contribution < -0.4 is 10.2 Å². The Hall–Kier alpha value is -1.64. The number of benzene rings is 1. The summed E-state index contributed by atoms with van der Waals surface area (Å²) in [6.07, 6.45) is 1.21. The number of hydrogen-bond donors (Lipinski definition) is 2. The van der Waals surface area contributed by atoms with Gasteiger partial charge in [-0.1, -0.05) is 11.6 Å². The first kappa shape index (κ1) is 14.8. The Labute approximate surface area is 118 Å². The number of anilines is 1. The molecule has 20 heavy (non-hydrogen) atoms. The van der Waals surface area contributed by atoms with Gasteiger partial charge in [-0.25, -0.2) is 4.39 Å². The molecule has 0 saturated heterocycles. The zero-order chi connectivity index (χ0) is 15.1. The van der Waals surface area contributed by atoms with E-state index in [0.29, 0.717) is 12.1 Å². The molecule has 0 aliphatic carbocycles. The Morgan fingerprint density at radius 3 is 2.65 bits per heavy atom. The van der Waals surface area contributed by atoms with Crippen LogP contribution in [0.1, 0.15) is 6.92 Å². The van der Waals surface area contributed by atoms with E-state index in [0.717, 1.165) is 6.07 Å². The third-order valence-corrected chi connectivity index (χ3v) is 3.47. The van der Waals surface area contributed by atoms with Gasteiger partial charge in [-0.05, 0) is 19.1 Å². The molecule has 1 heterocycles. The first-order valence-electron chi connectivity index (χ1n) is 5.50. The lowest BCUT2D eigenvalue weighted by Gasteiger charge is -2.12. The summed E-state index contributed by atoms with van der Waals surface area (Å²) < 4.78 is 47.0. The van der Waals surface area contributed by atoms with Crippen molar-refractivity contribution in [2.75, 3.05) is 4.72 Å². The molecular formula is C11H10ClFN2O4S. The summed E-state index contributed by atoms with van der Waals surface area (Å²) in [4.78, 5) is 12.1. The molecule has 6 nitrogen and oxygen atoms in total. The van der Waals surface area contributed by atoms with Crippen LogP contribution in [0.3, 0.4) is 0 Å². The number of hydrogen-bond acceptors (Lipinski definition) is 3. The maximum Gasteiger partial charge on any atom is 0.357 e. The summed E-state index contributed by atoms with van der Waals surface area (Å²) >= 11 is 5.67. The minimum Gasteiger partial charge on any atom is -0.345 e. The molecule has 0 atom stereocenters. The van der Waals surface area contributed by atoms with E-state index in [4.69, 9.17) is 16.2 Å². The van der Waals surface area contributed by atoms with E-state index in [9.17, 15) is 17.6 Å². The van der Waals surface area contributed by atoms with E-state index < -0.39 is 21.6 Å². The lowest BCUT2D eigenvalue weighted by molar-refractivity contribution is 0.489. The van der Waals surface area contributed by atoms with Crippen LogP contribution in [-0.2, 0) is 16.8 Å². The summed E-state index contributed by atoms with van der Waals surface area (Å²) in [7, 11) is -4.59. The zero-order valence-corrected chi connectivity index (χ0v) is 11.8. The van der Waals surface area contributed by atoms with Crippen LogP contribution in [0.15, 0.2) is 23.1 Å². The van der Waals surface area contributed by atoms with Gasteiger partial charge in [-0.2, -0.15) is 8.42 Å². The lowest BCUT2D eigenvalue weighted by Crippen LogP contribution is -2.20. The van der Waals surface area contributed by atoms with Gasteiger partial charge in [-0.15, -0.1) is 0 Å². The van der Waals surface area contributed by atoms with Crippen LogP contribution in [0.4, 0.5) is 10.1 Å². The molecule has 9 heteroatoms. The monoisotopic (exact) mass is 320 g/mol. The maximum atomic E-state index is 13.5. The second kappa shape index (κ2) is 5.04. The Kier molecular flexibility index (Phi) is 3.72. The van der Waals surface area contributed by atoms with Crippen LogP contribution in [0.5, 0.6) is 0 Å². The second-order valence-electron chi connectivity index (χ2n) is 4.02. The van der Waals surface area contributed by atoms with E-state index in [1.807, 2.05) is 0 Å². The number of nitrogens with zero attached hydrogens (tertiary/aromatic N) is 1. The maximum absolute atomic E-state index is 13.5. The van der Waals surface area contributed by atoms with Gasteiger partial charge in [-0.3, -0.25) is 14.1 Å². The molecule has 2 aromatic rings. The van der Waals surface area contributed by atoms with Crippen molar-refractivity contribution >= 4 is 38.5 Å². The van der Waals surface area contributed by atoms with Crippen molar-refractivity contribution in [3.05, 3.63) is 39.4 Å². The first-order chi connectivity index (χ1) is 9.23. The summed E-state index contributed by atoms with van der Waals surface area (Å²) in [5, 5.41) is -0.183. The molecule has 0 bridgehead atoms. The van der Waals surface area contributed by atoms with Gasteiger partial charge in [0.05, 0.1) is 15.9 Å². The van der Waals surface area contributed by atoms with Crippen molar-refractivity contribution in [3.63, 3.8) is 0 Å². The van der Waals surface area contributed by atoms with E-state index in [-0.39, 0.29) is 16.1 Å². The largest absolute Gasteiger partial charge is 0.357 e. The average Bonchev–Trinajstić information content (AvgIpc) is 2.34. The van der Waals surface area contributed by atoms with Gasteiger partial charge in [0, 0.05) is 12.7 Å². The highest BCUT2D eigenvalue weighted by molar-refractivity contribution is 7.87. The summed E-state index contributed by atoms with van der Waals surface area (Å²) in [6, 6.07) is 2.22. The fourth-order valence-electron chi connectivity index (χ4n) is 1.86. The van der Waals surface area contributed by atoms with Gasteiger partial charge in [0.2, 0.25) is 5.43 Å². The summed E-state index contributed by atoms with van der Waals surface area (Å²) in [5.41, 5.74) is -0.758. The summed E-state index contributed by atoms with van der Waals surface area (Å²) in [6.45, 7) is 2.14. The van der Waals surface area contributed by atoms with Crippen LogP contribution in [-0.4, -0.2) is 17.5 Å². The molecule has 2 N–H and O–H groups in total. The van der Waals surface area contributed by atoms with E-state index in [1.54, 1.807) is 11.6 Å². The molecule has 108 valence electrons. The molecule has 0 amide bonds. The van der Waals surface area contributed by atoms with Crippen LogP contribution in [0.2, 0.25) is 5.02 Å². The van der Waals surface area contributed by atoms with Crippen molar-refractivity contribution in [2.45, 2.75) is 13.5 Å². The van der Waals surface area contributed by atoms with Gasteiger partial charge < -0.3 is 4.57 Å². The number of halogens is 2. The molecule has 0 spiro atoms. The van der Waals surface area contributed by atoms with Crippen molar-refractivity contribution in [3.8, 4) is 0 Å². The molecule has 2 rings (SSSR count). The summed E-state index contributed by atoms with van der Waals surface area (Å²) in [5.74, 6) is -0.789. The predicted octanol–water partition coefficient (Wildman–Crippen LogP) is 2.03. The Balaban J connectivity index is 2.85. The van der Waals surface area contributed by atoms with E-state index >= 15 is 0 Å². The van der Waals surface area contributed by atoms with Crippen molar-refractivity contribution in [1.82, 2.24) is 4.57 Å². The quantitative estimate of drug-likeness (QED) is 0.847. The number of aryl methyl sites for hydroxylation is 1. The number of fused-ring (bicyclic) bond motifs is 1. The van der Waals surface area contributed by atoms with E-state index in [2.05, 4.69) is 0 Å². The smallest absolute Gasteiger partial charge is 0.345 e. The third kappa shape index (κ3) is 2.77. The Morgan fingerprint density at radius 2 is 2.10 bits per heavy atom. The molecule has 0 fully saturated rings. The normalized spacial score (nSPS) is 11.8. The molecule has 0 aliphatic heterocycles. The minimum absolute atomic E-state index is 0.0394. The second-order valence-corrected chi connectivity index (χ2v) is 5.58. The highest BCUT2D eigenvalue weighted by Crippen LogP contribution is 2.22. The fraction of sp³-hybridized carbons (Fsp3) is 0.182. The van der Waals surface area contributed by atoms with Gasteiger partial charge in [0.15, 0.2) is 0 Å². The molecule has 0 aliphatic rings. The molecule has 0 radical (unpaired) electrons. The van der Waals surface area contributed by atoms with Gasteiger partial charge in [0.1, 0.15) is 11.5 Å². The van der Waals surface area contributed by atoms with Crippen molar-refractivity contribution in [2.24, 2.45) is 0 Å². The third-order valence-electron chi connectivity index (χ3n) is 2.70. The molecule has 0 unspecified atom stereocenters. The zero-order valence-electron chi connectivity index (χ0n) is 10.2. The number of nitrogens with one attached hydrogen (secondary N) is 1. The highest BCUT2D eigenvalue weighted by atomic mass is 35.5. The number of aromatic nitrogens is 1. The van der Waals surface area contributed by atoms with Crippen LogP contribution in [0, 0.1) is 5.82 Å². The Bertz CT molecular complexity index is 848. The number of pyridine rings is 1. The van der Waals surface area contributed by atoms with Gasteiger partial charge >= 0.3 is 10.3 Å². The minimum atomic E-state index is -4.59. The lowest BCUT2D eigenvalue weighted by atomic mass is 10.2. The standard InChI is InChI=1S/C11H10ClFN2O4S/c1-2-15-5-9(14-20(17,18)19)11(16)6-3-8(13)7(12)4-10(6)15/h3-5,14H,2H2,1H3,(H,17,18,19). The van der Waals surface area contributed by atoms with Gasteiger partial charge in [0.25, 0.3) is 0 Å². The average molecular weight is 321 g/mol. The Morgan fingerprint density at radius 1 is 1.45 bits per heavy atom. The fourth-order valence-corrected chi connectivity index (χ4v) is 2.44. The topological polar surface area (TPSA) is 88.4 Å². The van der Waals surface area contributed by atoms with Crippen molar-refractivity contribution < 1.29 is 17.4 Å². The SMILES string of the molecule is CCn1cc(NS(=O)(=O)O)c(=O)c2cc(F)c(Cl)cc21. The molecular weight excluding hydrogens is 311 g/mol. The van der Waals surface area contributed by atoms with Crippen molar-refractivity contribution in [1.29, 1.82) is 0 Å². The van der Waals surface area contributed by atoms with E-state index in [1.165, 1.54) is 16.8 Å². The molecule has 1 aromatic carbocycles. The molecule has 0 saturated carbocycles. The number of rotatable bonds is 3. The predicted molar refractivity (Wildman–Crippen MR) is 74.0 cm³/mol.